The monoisotopic (exact) mass is 439 g/mol. The van der Waals surface area contributed by atoms with E-state index >= 15 is 0 Å². The summed E-state index contributed by atoms with van der Waals surface area (Å²) in [5.41, 5.74) is -2.52. The molecule has 2 aromatic carbocycles. The lowest BCUT2D eigenvalue weighted by atomic mass is 9.76. The highest BCUT2D eigenvalue weighted by Crippen LogP contribution is 2.43. The smallest absolute Gasteiger partial charge is 0.416 e. The van der Waals surface area contributed by atoms with E-state index < -0.39 is 46.9 Å². The molecule has 2 fully saturated rings. The average Bonchev–Trinajstić information content (AvgIpc) is 2.71. The number of alkyl halides is 3. The second-order valence-electron chi connectivity index (χ2n) is 7.92. The zero-order chi connectivity index (χ0) is 22.2. The number of nitrogens with zero attached hydrogens (tertiary/aromatic N) is 1. The van der Waals surface area contributed by atoms with E-state index in [1.165, 1.54) is 4.90 Å². The number of carbonyl (C=O) groups excluding carboxylic acids is 1. The van der Waals surface area contributed by atoms with E-state index in [1.54, 1.807) is 0 Å². The van der Waals surface area contributed by atoms with Gasteiger partial charge in [-0.3, -0.25) is 4.90 Å². The number of fused-ring (bicyclic) bond motifs is 2. The molecule has 31 heavy (non-hydrogen) atoms. The van der Waals surface area contributed by atoms with Crippen LogP contribution in [0.1, 0.15) is 29.5 Å². The number of hydrogen-bond donors (Lipinski definition) is 1. The maximum atomic E-state index is 14.5. The van der Waals surface area contributed by atoms with Crippen LogP contribution in [0.15, 0.2) is 48.5 Å². The Bertz CT molecular complexity index is 936. The quantitative estimate of drug-likeness (QED) is 0.728. The van der Waals surface area contributed by atoms with E-state index in [1.807, 2.05) is 30.3 Å². The number of aliphatic hydroxyl groups is 1. The summed E-state index contributed by atoms with van der Waals surface area (Å²) in [6, 6.07) is 9.77. The number of benzene rings is 2. The van der Waals surface area contributed by atoms with E-state index in [2.05, 4.69) is 0 Å². The third-order valence-corrected chi connectivity index (χ3v) is 5.76. The van der Waals surface area contributed by atoms with Gasteiger partial charge in [0.2, 0.25) is 0 Å². The molecule has 0 saturated carbocycles. The molecule has 5 nitrogen and oxygen atoms in total. The first-order valence-corrected chi connectivity index (χ1v) is 9.84. The first-order chi connectivity index (χ1) is 14.7. The van der Waals surface area contributed by atoms with Crippen LogP contribution in [0.3, 0.4) is 0 Å². The van der Waals surface area contributed by atoms with Gasteiger partial charge in [-0.25, -0.2) is 9.18 Å². The van der Waals surface area contributed by atoms with E-state index in [9.17, 15) is 27.5 Å². The van der Waals surface area contributed by atoms with Crippen LogP contribution in [0.2, 0.25) is 0 Å². The highest BCUT2D eigenvalue weighted by atomic mass is 19.4. The van der Waals surface area contributed by atoms with Gasteiger partial charge in [-0.05, 0) is 23.8 Å². The second kappa shape index (κ2) is 8.12. The highest BCUT2D eigenvalue weighted by molar-refractivity contribution is 5.69. The fourth-order valence-electron chi connectivity index (χ4n) is 4.35. The van der Waals surface area contributed by atoms with Crippen LogP contribution in [0.25, 0.3) is 0 Å². The van der Waals surface area contributed by atoms with Crippen molar-refractivity contribution in [1.82, 2.24) is 4.90 Å². The van der Waals surface area contributed by atoms with Gasteiger partial charge in [-0.1, -0.05) is 30.3 Å². The van der Waals surface area contributed by atoms with Crippen molar-refractivity contribution in [3.05, 3.63) is 71.0 Å². The summed E-state index contributed by atoms with van der Waals surface area (Å²) in [4.78, 5) is 14.2. The molecule has 4 rings (SSSR count). The molecule has 2 aliphatic rings. The fraction of sp³-hybridized carbons (Fsp3) is 0.409. The first-order valence-electron chi connectivity index (χ1n) is 9.84. The zero-order valence-electron chi connectivity index (χ0n) is 16.4. The number of piperidine rings is 1. The third-order valence-electron chi connectivity index (χ3n) is 5.76. The number of amides is 1. The van der Waals surface area contributed by atoms with Crippen LogP contribution in [-0.2, 0) is 27.9 Å². The SMILES string of the molecule is O=C(OCc1ccccc1)N1C2COCC1CC(O)(c1cc(C(F)(F)F)ccc1F)C2. The minimum atomic E-state index is -4.67. The van der Waals surface area contributed by atoms with Crippen molar-refractivity contribution in [1.29, 1.82) is 0 Å². The predicted octanol–water partition coefficient (Wildman–Crippen LogP) is 4.23. The van der Waals surface area contributed by atoms with Gasteiger partial charge in [0.1, 0.15) is 12.4 Å². The molecule has 2 saturated heterocycles. The number of halogens is 4. The molecule has 0 aromatic heterocycles. The molecule has 2 bridgehead atoms. The normalized spacial score (nSPS) is 25.9. The van der Waals surface area contributed by atoms with E-state index in [0.717, 1.165) is 5.56 Å². The summed E-state index contributed by atoms with van der Waals surface area (Å²) in [6.07, 6.45) is -5.60. The first kappa shape index (κ1) is 21.6. The van der Waals surface area contributed by atoms with E-state index in [-0.39, 0.29) is 32.7 Å². The topological polar surface area (TPSA) is 59.0 Å². The number of rotatable bonds is 3. The zero-order valence-corrected chi connectivity index (χ0v) is 16.4. The second-order valence-corrected chi connectivity index (χ2v) is 7.92. The van der Waals surface area contributed by atoms with Crippen molar-refractivity contribution < 1.29 is 36.9 Å². The van der Waals surface area contributed by atoms with Crippen LogP contribution < -0.4 is 0 Å². The Morgan fingerprint density at radius 1 is 1.13 bits per heavy atom. The van der Waals surface area contributed by atoms with Crippen molar-refractivity contribution in [3.8, 4) is 0 Å². The molecule has 2 unspecified atom stereocenters. The van der Waals surface area contributed by atoms with Crippen LogP contribution >= 0.6 is 0 Å². The molecule has 1 amide bonds. The summed E-state index contributed by atoms with van der Waals surface area (Å²) in [5, 5.41) is 11.2. The Morgan fingerprint density at radius 2 is 1.77 bits per heavy atom. The molecule has 2 heterocycles. The molecule has 0 radical (unpaired) electrons. The van der Waals surface area contributed by atoms with Crippen molar-refractivity contribution in [3.63, 3.8) is 0 Å². The lowest BCUT2D eigenvalue weighted by molar-refractivity contribution is -0.141. The van der Waals surface area contributed by atoms with Crippen LogP contribution in [-0.4, -0.2) is 41.4 Å². The van der Waals surface area contributed by atoms with Crippen molar-refractivity contribution >= 4 is 6.09 Å². The molecule has 2 aliphatic heterocycles. The van der Waals surface area contributed by atoms with Gasteiger partial charge in [0.25, 0.3) is 0 Å². The standard InChI is InChI=1S/C22H21F4NO4/c23-19-7-6-15(22(24,25)26)8-18(19)21(29)9-16-12-30-13-17(10-21)27(16)20(28)31-11-14-4-2-1-3-5-14/h1-8,16-17,29H,9-13H2. The summed E-state index contributed by atoms with van der Waals surface area (Å²) in [5.74, 6) is -0.922. The van der Waals surface area contributed by atoms with Gasteiger partial charge in [-0.15, -0.1) is 0 Å². The van der Waals surface area contributed by atoms with E-state index in [4.69, 9.17) is 9.47 Å². The summed E-state index contributed by atoms with van der Waals surface area (Å²) >= 11 is 0. The van der Waals surface area contributed by atoms with E-state index in [0.29, 0.717) is 18.2 Å². The Labute approximate surface area is 176 Å². The molecular weight excluding hydrogens is 418 g/mol. The van der Waals surface area contributed by atoms with Gasteiger partial charge in [0, 0.05) is 18.4 Å². The average molecular weight is 439 g/mol. The largest absolute Gasteiger partial charge is 0.445 e. The van der Waals surface area contributed by atoms with Crippen LogP contribution in [0.5, 0.6) is 0 Å². The highest BCUT2D eigenvalue weighted by Gasteiger charge is 2.50. The molecule has 1 N–H and O–H groups in total. The molecule has 0 aliphatic carbocycles. The van der Waals surface area contributed by atoms with Crippen LogP contribution in [0, 0.1) is 5.82 Å². The van der Waals surface area contributed by atoms with Gasteiger partial charge in [-0.2, -0.15) is 13.2 Å². The minimum absolute atomic E-state index is 0.0585. The van der Waals surface area contributed by atoms with Crippen molar-refractivity contribution in [2.24, 2.45) is 0 Å². The number of morpholine rings is 1. The Kier molecular flexibility index (Phi) is 5.65. The van der Waals surface area contributed by atoms with Gasteiger partial charge >= 0.3 is 12.3 Å². The maximum absolute atomic E-state index is 14.5. The number of hydrogen-bond acceptors (Lipinski definition) is 4. The van der Waals surface area contributed by atoms with Gasteiger partial charge in [0.05, 0.1) is 36.5 Å². The summed E-state index contributed by atoms with van der Waals surface area (Å²) < 4.78 is 64.7. The molecular formula is C22H21F4NO4. The third kappa shape index (κ3) is 4.38. The molecule has 166 valence electrons. The molecule has 2 aromatic rings. The van der Waals surface area contributed by atoms with Crippen molar-refractivity contribution in [2.45, 2.75) is 43.3 Å². The Balaban J connectivity index is 1.55. The Hall–Kier alpha value is -2.65. The molecule has 2 atom stereocenters. The number of ether oxygens (including phenoxy) is 2. The van der Waals surface area contributed by atoms with Crippen molar-refractivity contribution in [2.75, 3.05) is 13.2 Å². The summed E-state index contributed by atoms with van der Waals surface area (Å²) in [6.45, 7) is 0.197. The van der Waals surface area contributed by atoms with Crippen LogP contribution in [0.4, 0.5) is 22.4 Å². The maximum Gasteiger partial charge on any atom is 0.416 e. The van der Waals surface area contributed by atoms with Gasteiger partial charge in [0.15, 0.2) is 0 Å². The lowest BCUT2D eigenvalue weighted by Gasteiger charge is -2.51. The Morgan fingerprint density at radius 3 is 2.39 bits per heavy atom. The lowest BCUT2D eigenvalue weighted by Crippen LogP contribution is -2.62. The van der Waals surface area contributed by atoms with Gasteiger partial charge < -0.3 is 14.6 Å². The summed E-state index contributed by atoms with van der Waals surface area (Å²) in [7, 11) is 0. The predicted molar refractivity (Wildman–Crippen MR) is 101 cm³/mol. The fourth-order valence-corrected chi connectivity index (χ4v) is 4.35. The molecule has 9 heteroatoms. The molecule has 0 spiro atoms. The number of carbonyl (C=O) groups is 1. The minimum Gasteiger partial charge on any atom is -0.445 e.